The summed E-state index contributed by atoms with van der Waals surface area (Å²) in [6, 6.07) is 7.06. The van der Waals surface area contributed by atoms with Gasteiger partial charge in [0.1, 0.15) is 0 Å². The topological polar surface area (TPSA) is 50.2 Å². The minimum atomic E-state index is -0.127. The van der Waals surface area contributed by atoms with Crippen molar-refractivity contribution in [3.8, 4) is 5.69 Å². The van der Waals surface area contributed by atoms with E-state index in [1.807, 2.05) is 38.2 Å². The molecule has 1 N–H and O–H groups in total. The highest BCUT2D eigenvalue weighted by molar-refractivity contribution is 6.32. The summed E-state index contributed by atoms with van der Waals surface area (Å²) in [5.41, 5.74) is 1.44. The number of carbonyl (C=O) groups is 1. The van der Waals surface area contributed by atoms with Crippen molar-refractivity contribution in [3.05, 3.63) is 41.7 Å². The third kappa shape index (κ3) is 3.11. The summed E-state index contributed by atoms with van der Waals surface area (Å²) in [5, 5.41) is 7.49. The third-order valence-electron chi connectivity index (χ3n) is 3.00. The summed E-state index contributed by atoms with van der Waals surface area (Å²) in [7, 11) is 0. The van der Waals surface area contributed by atoms with E-state index >= 15 is 0 Å². The van der Waals surface area contributed by atoms with E-state index in [9.17, 15) is 4.79 Å². The molecule has 106 valence electrons. The summed E-state index contributed by atoms with van der Waals surface area (Å²) < 4.78 is 1.68. The number of benzene rings is 1. The van der Waals surface area contributed by atoms with Crippen LogP contribution in [0.5, 0.6) is 0 Å². The first-order valence-corrected chi connectivity index (χ1v) is 6.89. The molecule has 2 aromatic rings. The second-order valence-electron chi connectivity index (χ2n) is 4.22. The predicted octanol–water partition coefficient (Wildman–Crippen LogP) is 3.40. The summed E-state index contributed by atoms with van der Waals surface area (Å²) in [5.74, 6) is 0. The van der Waals surface area contributed by atoms with Crippen LogP contribution in [-0.4, -0.2) is 33.8 Å². The van der Waals surface area contributed by atoms with Gasteiger partial charge in [-0.2, -0.15) is 5.10 Å². The highest BCUT2D eigenvalue weighted by atomic mass is 35.5. The molecule has 0 aliphatic heterocycles. The third-order valence-corrected chi connectivity index (χ3v) is 3.30. The second kappa shape index (κ2) is 6.43. The molecule has 2 amide bonds. The molecular weight excluding hydrogens is 276 g/mol. The van der Waals surface area contributed by atoms with Gasteiger partial charge in [0.05, 0.1) is 10.7 Å². The van der Waals surface area contributed by atoms with Gasteiger partial charge in [0.15, 0.2) is 0 Å². The zero-order valence-electron chi connectivity index (χ0n) is 11.5. The van der Waals surface area contributed by atoms with E-state index in [4.69, 9.17) is 11.6 Å². The number of amides is 2. The Morgan fingerprint density at radius 2 is 2.15 bits per heavy atom. The highest BCUT2D eigenvalue weighted by Gasteiger charge is 2.11. The molecule has 0 bridgehead atoms. The number of hydrogen-bond acceptors (Lipinski definition) is 2. The molecule has 0 fully saturated rings. The molecule has 1 aromatic heterocycles. The Balaban J connectivity index is 2.16. The summed E-state index contributed by atoms with van der Waals surface area (Å²) in [6.45, 7) is 5.22. The number of hydrogen-bond donors (Lipinski definition) is 1. The number of urea groups is 1. The van der Waals surface area contributed by atoms with Gasteiger partial charge in [-0.1, -0.05) is 11.6 Å². The molecule has 0 radical (unpaired) electrons. The Labute approximate surface area is 123 Å². The molecule has 1 heterocycles. The van der Waals surface area contributed by atoms with Gasteiger partial charge >= 0.3 is 6.03 Å². The molecular formula is C14H17ClN4O. The molecule has 0 spiro atoms. The van der Waals surface area contributed by atoms with Crippen LogP contribution in [0.15, 0.2) is 36.7 Å². The van der Waals surface area contributed by atoms with Gasteiger partial charge < -0.3 is 10.2 Å². The van der Waals surface area contributed by atoms with Crippen LogP contribution in [0.4, 0.5) is 10.5 Å². The fourth-order valence-electron chi connectivity index (χ4n) is 1.90. The smallest absolute Gasteiger partial charge is 0.321 e. The monoisotopic (exact) mass is 292 g/mol. The van der Waals surface area contributed by atoms with Crippen LogP contribution in [-0.2, 0) is 0 Å². The van der Waals surface area contributed by atoms with Crippen LogP contribution in [0.3, 0.4) is 0 Å². The lowest BCUT2D eigenvalue weighted by Gasteiger charge is -2.19. The van der Waals surface area contributed by atoms with Crippen LogP contribution in [0.25, 0.3) is 5.69 Å². The van der Waals surface area contributed by atoms with Crippen LogP contribution >= 0.6 is 11.6 Å². The lowest BCUT2D eigenvalue weighted by molar-refractivity contribution is 0.217. The predicted molar refractivity (Wildman–Crippen MR) is 80.5 cm³/mol. The van der Waals surface area contributed by atoms with Crippen LogP contribution in [0, 0.1) is 0 Å². The van der Waals surface area contributed by atoms with Crippen molar-refractivity contribution in [2.24, 2.45) is 0 Å². The van der Waals surface area contributed by atoms with E-state index in [0.717, 1.165) is 5.69 Å². The van der Waals surface area contributed by atoms with Crippen molar-refractivity contribution in [1.29, 1.82) is 0 Å². The van der Waals surface area contributed by atoms with E-state index in [1.54, 1.807) is 21.8 Å². The zero-order valence-corrected chi connectivity index (χ0v) is 12.3. The van der Waals surface area contributed by atoms with Gasteiger partial charge in [-0.25, -0.2) is 9.48 Å². The average molecular weight is 293 g/mol. The average Bonchev–Trinajstić information content (AvgIpc) is 2.94. The molecule has 0 unspecified atom stereocenters. The highest BCUT2D eigenvalue weighted by Crippen LogP contribution is 2.24. The van der Waals surface area contributed by atoms with Crippen LogP contribution in [0.1, 0.15) is 13.8 Å². The fraction of sp³-hybridized carbons (Fsp3) is 0.286. The number of anilines is 1. The molecule has 1 aromatic carbocycles. The van der Waals surface area contributed by atoms with E-state index in [2.05, 4.69) is 10.4 Å². The van der Waals surface area contributed by atoms with Crippen molar-refractivity contribution in [2.75, 3.05) is 18.4 Å². The molecule has 6 heteroatoms. The van der Waals surface area contributed by atoms with E-state index in [1.165, 1.54) is 0 Å². The van der Waals surface area contributed by atoms with E-state index in [-0.39, 0.29) is 6.03 Å². The maximum absolute atomic E-state index is 12.0. The minimum absolute atomic E-state index is 0.127. The normalized spacial score (nSPS) is 10.3. The largest absolute Gasteiger partial charge is 0.325 e. The van der Waals surface area contributed by atoms with Gasteiger partial charge in [-0.15, -0.1) is 0 Å². The van der Waals surface area contributed by atoms with Gasteiger partial charge in [0.2, 0.25) is 0 Å². The number of nitrogens with one attached hydrogen (secondary N) is 1. The maximum Gasteiger partial charge on any atom is 0.321 e. The van der Waals surface area contributed by atoms with E-state index in [0.29, 0.717) is 23.8 Å². The van der Waals surface area contributed by atoms with Gasteiger partial charge in [-0.05, 0) is 38.1 Å². The van der Waals surface area contributed by atoms with Crippen molar-refractivity contribution in [1.82, 2.24) is 14.7 Å². The number of rotatable bonds is 4. The first-order valence-electron chi connectivity index (χ1n) is 6.51. The summed E-state index contributed by atoms with van der Waals surface area (Å²) >= 11 is 6.23. The number of halogens is 1. The van der Waals surface area contributed by atoms with E-state index < -0.39 is 0 Å². The molecule has 20 heavy (non-hydrogen) atoms. The first-order chi connectivity index (χ1) is 9.65. The van der Waals surface area contributed by atoms with Crippen molar-refractivity contribution in [3.63, 3.8) is 0 Å². The standard InChI is InChI=1S/C14H17ClN4O/c1-3-18(4-2)14(20)17-11-6-7-13(12(15)10-11)19-9-5-8-16-19/h5-10H,3-4H2,1-2H3,(H,17,20). The molecule has 2 rings (SSSR count). The Morgan fingerprint density at radius 1 is 1.40 bits per heavy atom. The number of aromatic nitrogens is 2. The Morgan fingerprint density at radius 3 is 2.70 bits per heavy atom. The van der Waals surface area contributed by atoms with Gasteiger partial charge in [0.25, 0.3) is 0 Å². The van der Waals surface area contributed by atoms with Crippen LogP contribution < -0.4 is 5.32 Å². The molecule has 0 saturated carbocycles. The Kier molecular flexibility index (Phi) is 4.63. The zero-order chi connectivity index (χ0) is 14.5. The van der Waals surface area contributed by atoms with Gasteiger partial charge in [0, 0.05) is 31.2 Å². The van der Waals surface area contributed by atoms with Crippen molar-refractivity contribution >= 4 is 23.3 Å². The maximum atomic E-state index is 12.0. The lowest BCUT2D eigenvalue weighted by Crippen LogP contribution is -2.34. The molecule has 0 aliphatic rings. The lowest BCUT2D eigenvalue weighted by atomic mass is 10.3. The SMILES string of the molecule is CCN(CC)C(=O)Nc1ccc(-n2cccn2)c(Cl)c1. The van der Waals surface area contributed by atoms with Crippen molar-refractivity contribution in [2.45, 2.75) is 13.8 Å². The molecule has 0 aliphatic carbocycles. The van der Waals surface area contributed by atoms with Crippen LogP contribution in [0.2, 0.25) is 5.02 Å². The summed E-state index contributed by atoms with van der Waals surface area (Å²) in [4.78, 5) is 13.7. The molecule has 0 atom stereocenters. The van der Waals surface area contributed by atoms with Gasteiger partial charge in [-0.3, -0.25) is 0 Å². The Hall–Kier alpha value is -2.01. The second-order valence-corrected chi connectivity index (χ2v) is 4.63. The summed E-state index contributed by atoms with van der Waals surface area (Å²) in [6.07, 6.45) is 3.50. The quantitative estimate of drug-likeness (QED) is 0.939. The minimum Gasteiger partial charge on any atom is -0.325 e. The number of nitrogens with zero attached hydrogens (tertiary/aromatic N) is 3. The van der Waals surface area contributed by atoms with Crippen molar-refractivity contribution < 1.29 is 4.79 Å². The molecule has 0 saturated heterocycles. The Bertz CT molecular complexity index is 579. The number of carbonyl (C=O) groups excluding carboxylic acids is 1. The first kappa shape index (κ1) is 14.4. The fourth-order valence-corrected chi connectivity index (χ4v) is 2.16. The molecule has 5 nitrogen and oxygen atoms in total.